The second-order valence-electron chi connectivity index (χ2n) is 6.40. The van der Waals surface area contributed by atoms with Crippen LogP contribution in [0.2, 0.25) is 0 Å². The number of nitrogens with one attached hydrogen (secondary N) is 2. The van der Waals surface area contributed by atoms with Gasteiger partial charge in [0, 0.05) is 13.1 Å². The molecule has 0 saturated carbocycles. The Morgan fingerprint density at radius 1 is 1.32 bits per heavy atom. The highest BCUT2D eigenvalue weighted by Gasteiger charge is 2.23. The Morgan fingerprint density at radius 2 is 2.16 bits per heavy atom. The minimum absolute atomic E-state index is 0.0790. The highest BCUT2D eigenvalue weighted by molar-refractivity contribution is 5.88. The average Bonchev–Trinajstić information content (AvgIpc) is 2.98. The van der Waals surface area contributed by atoms with Crippen molar-refractivity contribution in [2.75, 3.05) is 26.4 Å². The van der Waals surface area contributed by atoms with Gasteiger partial charge in [0.25, 0.3) is 0 Å². The fourth-order valence-corrected chi connectivity index (χ4v) is 3.10. The maximum absolute atomic E-state index is 12.3. The van der Waals surface area contributed by atoms with Gasteiger partial charge in [-0.1, -0.05) is 13.0 Å². The number of nitrogens with zero attached hydrogens (tertiary/aromatic N) is 1. The van der Waals surface area contributed by atoms with E-state index in [-0.39, 0.29) is 25.2 Å². The summed E-state index contributed by atoms with van der Waals surface area (Å²) in [6.07, 6.45) is 2.60. The normalized spacial score (nSPS) is 19.4. The molecule has 7 nitrogen and oxygen atoms in total. The van der Waals surface area contributed by atoms with E-state index in [9.17, 15) is 9.59 Å². The standard InChI is InChI=1S/C18H25N3O4/c1-2-21(10-13-6-7-15-16(9-13)25-12-24-15)11-17(22)20-14-5-3-4-8-19-18(14)23/h6-7,9,14H,2-5,8,10-12H2,1H3,(H,19,23)(H,20,22)/t14-/m0/s1. The first-order valence-electron chi connectivity index (χ1n) is 8.83. The molecule has 0 aromatic heterocycles. The fourth-order valence-electron chi connectivity index (χ4n) is 3.10. The minimum Gasteiger partial charge on any atom is -0.454 e. The molecule has 1 atom stereocenters. The van der Waals surface area contributed by atoms with Gasteiger partial charge in [-0.25, -0.2) is 0 Å². The zero-order valence-corrected chi connectivity index (χ0v) is 14.5. The van der Waals surface area contributed by atoms with Crippen LogP contribution in [0.25, 0.3) is 0 Å². The topological polar surface area (TPSA) is 79.9 Å². The monoisotopic (exact) mass is 347 g/mol. The lowest BCUT2D eigenvalue weighted by Gasteiger charge is -2.22. The van der Waals surface area contributed by atoms with E-state index in [0.717, 1.165) is 36.4 Å². The molecule has 0 bridgehead atoms. The average molecular weight is 347 g/mol. The summed E-state index contributed by atoms with van der Waals surface area (Å²) >= 11 is 0. The highest BCUT2D eigenvalue weighted by atomic mass is 16.7. The van der Waals surface area contributed by atoms with Gasteiger partial charge in [-0.3, -0.25) is 14.5 Å². The number of likely N-dealkylation sites (N-methyl/N-ethyl adjacent to an activating group) is 1. The molecule has 2 amide bonds. The lowest BCUT2D eigenvalue weighted by molar-refractivity contribution is -0.129. The Morgan fingerprint density at radius 3 is 3.00 bits per heavy atom. The number of hydrogen-bond donors (Lipinski definition) is 2. The van der Waals surface area contributed by atoms with E-state index >= 15 is 0 Å². The Bertz CT molecular complexity index is 635. The van der Waals surface area contributed by atoms with Crippen molar-refractivity contribution in [2.24, 2.45) is 0 Å². The van der Waals surface area contributed by atoms with E-state index in [4.69, 9.17) is 9.47 Å². The van der Waals surface area contributed by atoms with Crippen molar-refractivity contribution < 1.29 is 19.1 Å². The number of benzene rings is 1. The molecule has 1 aromatic rings. The molecule has 1 aromatic carbocycles. The van der Waals surface area contributed by atoms with Crippen LogP contribution in [0.3, 0.4) is 0 Å². The Hall–Kier alpha value is -2.28. The van der Waals surface area contributed by atoms with Crippen molar-refractivity contribution in [3.05, 3.63) is 23.8 Å². The number of fused-ring (bicyclic) bond motifs is 1. The molecule has 0 spiro atoms. The van der Waals surface area contributed by atoms with Crippen LogP contribution in [0.5, 0.6) is 11.5 Å². The van der Waals surface area contributed by atoms with Crippen molar-refractivity contribution in [3.8, 4) is 11.5 Å². The summed E-state index contributed by atoms with van der Waals surface area (Å²) in [5, 5.41) is 5.70. The first-order chi connectivity index (χ1) is 12.2. The first kappa shape index (κ1) is 17.5. The first-order valence-corrected chi connectivity index (χ1v) is 8.83. The molecule has 1 saturated heterocycles. The van der Waals surface area contributed by atoms with E-state index in [1.54, 1.807) is 0 Å². The van der Waals surface area contributed by atoms with Gasteiger partial charge in [0.15, 0.2) is 11.5 Å². The van der Waals surface area contributed by atoms with Crippen LogP contribution < -0.4 is 20.1 Å². The number of ether oxygens (including phenoxy) is 2. The second kappa shape index (κ2) is 8.20. The van der Waals surface area contributed by atoms with Gasteiger partial charge in [0.1, 0.15) is 6.04 Å². The minimum atomic E-state index is -0.417. The van der Waals surface area contributed by atoms with Crippen LogP contribution in [0.15, 0.2) is 18.2 Å². The predicted molar refractivity (Wildman–Crippen MR) is 92.3 cm³/mol. The Kier molecular flexibility index (Phi) is 5.75. The molecule has 136 valence electrons. The Balaban J connectivity index is 1.54. The molecule has 2 aliphatic rings. The van der Waals surface area contributed by atoms with Crippen molar-refractivity contribution >= 4 is 11.8 Å². The van der Waals surface area contributed by atoms with E-state index in [1.807, 2.05) is 30.0 Å². The summed E-state index contributed by atoms with van der Waals surface area (Å²) in [4.78, 5) is 26.3. The van der Waals surface area contributed by atoms with Gasteiger partial charge < -0.3 is 20.1 Å². The van der Waals surface area contributed by atoms with Gasteiger partial charge >= 0.3 is 0 Å². The third kappa shape index (κ3) is 4.63. The highest BCUT2D eigenvalue weighted by Crippen LogP contribution is 2.32. The molecular formula is C18H25N3O4. The van der Waals surface area contributed by atoms with Gasteiger partial charge in [-0.05, 0) is 43.5 Å². The molecule has 0 unspecified atom stereocenters. The number of carbonyl (C=O) groups excluding carboxylic acids is 2. The molecular weight excluding hydrogens is 322 g/mol. The molecule has 7 heteroatoms. The van der Waals surface area contributed by atoms with Gasteiger partial charge in [-0.15, -0.1) is 0 Å². The maximum atomic E-state index is 12.3. The summed E-state index contributed by atoms with van der Waals surface area (Å²) in [6, 6.07) is 5.40. The van der Waals surface area contributed by atoms with Gasteiger partial charge in [0.05, 0.1) is 6.54 Å². The van der Waals surface area contributed by atoms with Crippen molar-refractivity contribution in [2.45, 2.75) is 38.8 Å². The lowest BCUT2D eigenvalue weighted by atomic mass is 10.1. The van der Waals surface area contributed by atoms with Crippen LogP contribution in [-0.4, -0.2) is 49.2 Å². The number of carbonyl (C=O) groups is 2. The predicted octanol–water partition coefficient (Wildman–Crippen LogP) is 1.02. The van der Waals surface area contributed by atoms with Crippen LogP contribution in [-0.2, 0) is 16.1 Å². The zero-order chi connectivity index (χ0) is 17.6. The zero-order valence-electron chi connectivity index (χ0n) is 14.5. The van der Waals surface area contributed by atoms with Crippen molar-refractivity contribution in [1.82, 2.24) is 15.5 Å². The van der Waals surface area contributed by atoms with Crippen LogP contribution >= 0.6 is 0 Å². The lowest BCUT2D eigenvalue weighted by Crippen LogP contribution is -2.48. The third-order valence-corrected chi connectivity index (χ3v) is 4.53. The largest absolute Gasteiger partial charge is 0.454 e. The van der Waals surface area contributed by atoms with E-state index in [1.165, 1.54) is 0 Å². The second-order valence-corrected chi connectivity index (χ2v) is 6.40. The SMILES string of the molecule is CCN(CC(=O)N[C@H]1CCCCNC1=O)Cc1ccc2c(c1)OCO2. The summed E-state index contributed by atoms with van der Waals surface area (Å²) < 4.78 is 10.7. The number of rotatable bonds is 6. The maximum Gasteiger partial charge on any atom is 0.242 e. The van der Waals surface area contributed by atoms with Crippen molar-refractivity contribution in [3.63, 3.8) is 0 Å². The van der Waals surface area contributed by atoms with Crippen molar-refractivity contribution in [1.29, 1.82) is 0 Å². The smallest absolute Gasteiger partial charge is 0.242 e. The molecule has 25 heavy (non-hydrogen) atoms. The number of hydrogen-bond acceptors (Lipinski definition) is 5. The van der Waals surface area contributed by atoms with E-state index < -0.39 is 6.04 Å². The molecule has 1 fully saturated rings. The molecule has 0 radical (unpaired) electrons. The quantitative estimate of drug-likeness (QED) is 0.803. The number of amides is 2. The summed E-state index contributed by atoms with van der Waals surface area (Å²) in [7, 11) is 0. The summed E-state index contributed by atoms with van der Waals surface area (Å²) in [6.45, 7) is 4.59. The van der Waals surface area contributed by atoms with Gasteiger partial charge in [0.2, 0.25) is 18.6 Å². The van der Waals surface area contributed by atoms with E-state index in [2.05, 4.69) is 10.6 Å². The van der Waals surface area contributed by atoms with Crippen LogP contribution in [0.1, 0.15) is 31.7 Å². The molecule has 2 aliphatic heterocycles. The van der Waals surface area contributed by atoms with Gasteiger partial charge in [-0.2, -0.15) is 0 Å². The fraction of sp³-hybridized carbons (Fsp3) is 0.556. The summed E-state index contributed by atoms with van der Waals surface area (Å²) in [5.41, 5.74) is 1.06. The van der Waals surface area contributed by atoms with Crippen LogP contribution in [0, 0.1) is 0 Å². The molecule has 2 N–H and O–H groups in total. The van der Waals surface area contributed by atoms with Crippen LogP contribution in [0.4, 0.5) is 0 Å². The molecule has 2 heterocycles. The molecule has 0 aliphatic carbocycles. The summed E-state index contributed by atoms with van der Waals surface area (Å²) in [5.74, 6) is 1.30. The van der Waals surface area contributed by atoms with E-state index in [0.29, 0.717) is 19.5 Å². The Labute approximate surface area is 147 Å². The molecule has 3 rings (SSSR count). The third-order valence-electron chi connectivity index (χ3n) is 4.53.